The van der Waals surface area contributed by atoms with E-state index in [1.807, 2.05) is 77.3 Å². The number of methoxy groups -OCH3 is 1. The fraction of sp³-hybridized carbons (Fsp3) is 0.259. The van der Waals surface area contributed by atoms with Crippen molar-refractivity contribution >= 4 is 34.2 Å². The zero-order valence-electron chi connectivity index (χ0n) is 22.1. The highest BCUT2D eigenvalue weighted by Gasteiger charge is 2.19. The van der Waals surface area contributed by atoms with Crippen molar-refractivity contribution in [1.82, 2.24) is 29.7 Å². The smallest absolute Gasteiger partial charge is 0.295 e. The molecule has 38 heavy (non-hydrogen) atoms. The van der Waals surface area contributed by atoms with Gasteiger partial charge in [-0.05, 0) is 43.7 Å². The van der Waals surface area contributed by atoms with Crippen molar-refractivity contribution in [2.24, 2.45) is 7.05 Å². The molecule has 0 amide bonds. The van der Waals surface area contributed by atoms with Crippen molar-refractivity contribution in [3.63, 3.8) is 0 Å². The number of aromatic nitrogens is 6. The van der Waals surface area contributed by atoms with Crippen LogP contribution in [0.2, 0.25) is 0 Å². The number of aromatic amines is 1. The van der Waals surface area contributed by atoms with Gasteiger partial charge >= 0.3 is 0 Å². The van der Waals surface area contributed by atoms with Gasteiger partial charge in [0.2, 0.25) is 0 Å². The number of benzene rings is 1. The molecule has 0 aliphatic heterocycles. The molecule has 1 aromatic carbocycles. The Balaban J connectivity index is 0.00000164. The van der Waals surface area contributed by atoms with E-state index in [1.165, 1.54) is 0 Å². The normalized spacial score (nSPS) is 10.9. The lowest BCUT2D eigenvalue weighted by molar-refractivity contribution is 0.142. The molecule has 0 saturated carbocycles. The number of para-hydroxylation sites is 1. The molecule has 4 aromatic heterocycles. The fourth-order valence-corrected chi connectivity index (χ4v) is 3.86. The number of rotatable bonds is 7. The zero-order chi connectivity index (χ0) is 27.4. The molecule has 3 N–H and O–H groups in total. The summed E-state index contributed by atoms with van der Waals surface area (Å²) in [5.41, 5.74) is 5.04. The molecule has 0 radical (unpaired) electrons. The Morgan fingerprint density at radius 3 is 2.39 bits per heavy atom. The molecule has 0 aliphatic carbocycles. The third kappa shape index (κ3) is 5.41. The average Bonchev–Trinajstić information content (AvgIpc) is 3.54. The van der Waals surface area contributed by atoms with Crippen molar-refractivity contribution in [1.29, 1.82) is 0 Å². The second-order valence-corrected chi connectivity index (χ2v) is 8.29. The molecule has 11 heteroatoms. The van der Waals surface area contributed by atoms with Crippen LogP contribution in [0.15, 0.2) is 48.7 Å². The number of nitrogens with one attached hydrogen (secondary N) is 3. The monoisotopic (exact) mass is 520 g/mol. The van der Waals surface area contributed by atoms with Crippen LogP contribution in [0.3, 0.4) is 0 Å². The number of fused-ring (bicyclic) bond motifs is 1. The van der Waals surface area contributed by atoms with Crippen molar-refractivity contribution in [3.05, 3.63) is 65.7 Å². The number of anilines is 4. The number of nitrogens with zero attached hydrogens (tertiary/aromatic N) is 5. The zero-order valence-corrected chi connectivity index (χ0v) is 22.1. The minimum atomic E-state index is -2.77. The lowest BCUT2D eigenvalue weighted by Gasteiger charge is -2.15. The molecule has 4 heterocycles. The number of hydrogen-bond donors (Lipinski definition) is 3. The minimum absolute atomic E-state index is 0.140. The number of pyridine rings is 2. The van der Waals surface area contributed by atoms with Crippen LogP contribution in [0.25, 0.3) is 22.4 Å². The lowest BCUT2D eigenvalue weighted by atomic mass is 10.1. The van der Waals surface area contributed by atoms with Gasteiger partial charge in [0.1, 0.15) is 17.2 Å². The maximum absolute atomic E-state index is 13.5. The molecule has 0 saturated heterocycles. The highest BCUT2D eigenvalue weighted by atomic mass is 19.3. The van der Waals surface area contributed by atoms with E-state index in [0.717, 1.165) is 22.5 Å². The molecular formula is C27H30F2N8O. The lowest BCUT2D eigenvalue weighted by Crippen LogP contribution is -2.02. The van der Waals surface area contributed by atoms with Crippen LogP contribution in [0.1, 0.15) is 37.4 Å². The molecule has 9 nitrogen and oxygen atoms in total. The number of ether oxygens (including phenoxy) is 1. The van der Waals surface area contributed by atoms with Crippen molar-refractivity contribution in [3.8, 4) is 17.0 Å². The second kappa shape index (κ2) is 11.2. The van der Waals surface area contributed by atoms with Crippen LogP contribution < -0.4 is 15.4 Å². The van der Waals surface area contributed by atoms with E-state index < -0.39 is 12.2 Å². The Morgan fingerprint density at radius 2 is 1.74 bits per heavy atom. The predicted octanol–water partition coefficient (Wildman–Crippen LogP) is 6.83. The van der Waals surface area contributed by atoms with Gasteiger partial charge in [-0.25, -0.2) is 23.7 Å². The van der Waals surface area contributed by atoms with E-state index in [0.29, 0.717) is 34.3 Å². The van der Waals surface area contributed by atoms with Gasteiger partial charge < -0.3 is 20.4 Å². The van der Waals surface area contributed by atoms with Crippen molar-refractivity contribution in [2.75, 3.05) is 17.7 Å². The molecule has 0 aliphatic rings. The fourth-order valence-electron chi connectivity index (χ4n) is 3.86. The number of alkyl halides is 2. The summed E-state index contributed by atoms with van der Waals surface area (Å²) in [4.78, 5) is 15.6. The van der Waals surface area contributed by atoms with Crippen LogP contribution in [-0.2, 0) is 7.05 Å². The number of aryl methyl sites for hydroxylation is 3. The molecule has 0 atom stereocenters. The van der Waals surface area contributed by atoms with Crippen LogP contribution in [0, 0.1) is 13.8 Å². The average molecular weight is 521 g/mol. The molecule has 0 bridgehead atoms. The molecular weight excluding hydrogens is 490 g/mol. The summed E-state index contributed by atoms with van der Waals surface area (Å²) < 4.78 is 34.3. The summed E-state index contributed by atoms with van der Waals surface area (Å²) in [7, 11) is 3.40. The number of H-pyrrole nitrogens is 1. The first-order valence-electron chi connectivity index (χ1n) is 12.2. The summed E-state index contributed by atoms with van der Waals surface area (Å²) in [5.74, 6) is 1.07. The largest absolute Gasteiger partial charge is 0.494 e. The Bertz CT molecular complexity index is 1560. The van der Waals surface area contributed by atoms with Crippen LogP contribution in [0.4, 0.5) is 31.8 Å². The third-order valence-corrected chi connectivity index (χ3v) is 5.77. The first-order valence-corrected chi connectivity index (χ1v) is 12.2. The summed E-state index contributed by atoms with van der Waals surface area (Å²) in [5, 5.41) is 10.9. The number of imidazole rings is 1. The quantitative estimate of drug-likeness (QED) is 0.216. The van der Waals surface area contributed by atoms with E-state index in [2.05, 4.69) is 35.7 Å². The van der Waals surface area contributed by atoms with Gasteiger partial charge in [0.25, 0.3) is 6.43 Å². The minimum Gasteiger partial charge on any atom is -0.494 e. The highest BCUT2D eigenvalue weighted by Crippen LogP contribution is 2.39. The molecule has 0 spiro atoms. The topological polar surface area (TPSA) is 106 Å². The molecule has 0 unspecified atom stereocenters. The molecule has 5 aromatic rings. The summed E-state index contributed by atoms with van der Waals surface area (Å²) in [6.07, 6.45) is -0.928. The number of hydrogen-bond acceptors (Lipinski definition) is 7. The van der Waals surface area contributed by atoms with Crippen molar-refractivity contribution in [2.45, 2.75) is 34.1 Å². The van der Waals surface area contributed by atoms with Gasteiger partial charge in [0.15, 0.2) is 17.2 Å². The Labute approximate surface area is 219 Å². The van der Waals surface area contributed by atoms with Gasteiger partial charge in [-0.15, -0.1) is 0 Å². The summed E-state index contributed by atoms with van der Waals surface area (Å²) in [6, 6.07) is 13.0. The summed E-state index contributed by atoms with van der Waals surface area (Å²) in [6.45, 7) is 7.88. The van der Waals surface area contributed by atoms with Crippen LogP contribution in [-0.4, -0.2) is 36.8 Å². The van der Waals surface area contributed by atoms with Crippen LogP contribution >= 0.6 is 0 Å². The van der Waals surface area contributed by atoms with Crippen LogP contribution in [0.5, 0.6) is 5.75 Å². The Hall–Kier alpha value is -4.54. The predicted molar refractivity (Wildman–Crippen MR) is 146 cm³/mol. The molecule has 0 fully saturated rings. The Kier molecular flexibility index (Phi) is 7.85. The van der Waals surface area contributed by atoms with Gasteiger partial charge in [0.05, 0.1) is 24.2 Å². The maximum atomic E-state index is 13.5. The first-order chi connectivity index (χ1) is 18.3. The van der Waals surface area contributed by atoms with Gasteiger partial charge in [-0.1, -0.05) is 26.0 Å². The van der Waals surface area contributed by atoms with E-state index in [-0.39, 0.29) is 5.65 Å². The third-order valence-electron chi connectivity index (χ3n) is 5.77. The standard InChI is InChI=1S/C25H24F2N8O.C2H6/c1-13-8-9-19(28-14(13)2)30-20-12-18(21-24(31-20)33-25(32-21)23(26)27)29-17-7-5-6-15(22(17)36-4)16-10-11-35(3)34-16;1-2/h5-12,23H,1-4H3,(H3,28,29,30,31,32,33);1-2H3. The van der Waals surface area contributed by atoms with E-state index in [9.17, 15) is 8.78 Å². The van der Waals surface area contributed by atoms with Gasteiger partial charge in [-0.3, -0.25) is 4.68 Å². The van der Waals surface area contributed by atoms with Gasteiger partial charge in [-0.2, -0.15) is 5.10 Å². The second-order valence-electron chi connectivity index (χ2n) is 8.29. The van der Waals surface area contributed by atoms with E-state index in [1.54, 1.807) is 17.9 Å². The summed E-state index contributed by atoms with van der Waals surface area (Å²) >= 11 is 0. The number of halogens is 2. The SMILES string of the molecule is CC.COc1c(Nc2cc(Nc3ccc(C)c(C)n3)nc3nc(C(F)F)[nH]c23)cccc1-c1ccn(C)n1. The molecule has 198 valence electrons. The van der Waals surface area contributed by atoms with E-state index >= 15 is 0 Å². The molecule has 5 rings (SSSR count). The highest BCUT2D eigenvalue weighted by molar-refractivity contribution is 5.92. The first kappa shape index (κ1) is 26.5. The van der Waals surface area contributed by atoms with Gasteiger partial charge in [0, 0.05) is 30.6 Å². The Morgan fingerprint density at radius 1 is 0.947 bits per heavy atom. The van der Waals surface area contributed by atoms with E-state index in [4.69, 9.17) is 4.74 Å². The maximum Gasteiger partial charge on any atom is 0.295 e. The van der Waals surface area contributed by atoms with Crippen molar-refractivity contribution < 1.29 is 13.5 Å².